The Morgan fingerprint density at radius 1 is 1.40 bits per heavy atom. The fourth-order valence-corrected chi connectivity index (χ4v) is 3.98. The van der Waals surface area contributed by atoms with E-state index >= 15 is 0 Å². The van der Waals surface area contributed by atoms with E-state index in [1.165, 1.54) is 23.6 Å². The third-order valence-corrected chi connectivity index (χ3v) is 5.54. The zero-order valence-corrected chi connectivity index (χ0v) is 14.3. The molecule has 2 unspecified atom stereocenters. The minimum Gasteiger partial charge on any atom is -0.352 e. The second-order valence-electron chi connectivity index (χ2n) is 5.70. The number of aromatic nitrogens is 2. The predicted molar refractivity (Wildman–Crippen MR) is 88.7 cm³/mol. The Labute approximate surface area is 127 Å². The average Bonchev–Trinajstić information content (AvgIpc) is 2.68. The van der Waals surface area contributed by atoms with Crippen molar-refractivity contribution in [1.82, 2.24) is 15.1 Å². The maximum atomic E-state index is 4.65. The van der Waals surface area contributed by atoms with Crippen LogP contribution >= 0.6 is 11.8 Å². The van der Waals surface area contributed by atoms with Gasteiger partial charge < -0.3 is 10.2 Å². The molecule has 0 aliphatic carbocycles. The van der Waals surface area contributed by atoms with Gasteiger partial charge in [0.2, 0.25) is 0 Å². The fourth-order valence-electron chi connectivity index (χ4n) is 2.88. The Kier molecular flexibility index (Phi) is 5.38. The number of aryl methyl sites for hydroxylation is 2. The van der Waals surface area contributed by atoms with Crippen LogP contribution in [0.15, 0.2) is 0 Å². The average molecular weight is 296 g/mol. The van der Waals surface area contributed by atoms with Gasteiger partial charge in [-0.05, 0) is 26.8 Å². The molecule has 0 bridgehead atoms. The summed E-state index contributed by atoms with van der Waals surface area (Å²) in [6.07, 6.45) is 1.17. The van der Waals surface area contributed by atoms with E-state index in [1.54, 1.807) is 0 Å². The van der Waals surface area contributed by atoms with Gasteiger partial charge in [0.25, 0.3) is 0 Å². The molecule has 2 heterocycles. The summed E-state index contributed by atoms with van der Waals surface area (Å²) in [5.74, 6) is 2.52. The van der Waals surface area contributed by atoms with Crippen LogP contribution in [0.5, 0.6) is 0 Å². The summed E-state index contributed by atoms with van der Waals surface area (Å²) in [7, 11) is 2.07. The molecule has 1 aromatic heterocycles. The van der Waals surface area contributed by atoms with Crippen molar-refractivity contribution in [3.05, 3.63) is 11.3 Å². The molecule has 5 heteroatoms. The largest absolute Gasteiger partial charge is 0.352 e. The molecule has 1 N–H and O–H groups in total. The molecule has 1 fully saturated rings. The van der Waals surface area contributed by atoms with Crippen molar-refractivity contribution in [1.29, 1.82) is 0 Å². The Hall–Kier alpha value is -0.680. The second-order valence-corrected chi connectivity index (χ2v) is 7.18. The van der Waals surface area contributed by atoms with Crippen molar-refractivity contribution in [2.75, 3.05) is 23.7 Å². The molecule has 1 aromatic rings. The molecule has 114 valence electrons. The topological polar surface area (TPSA) is 33.1 Å². The highest BCUT2D eigenvalue weighted by Gasteiger charge is 2.29. The molecular weight excluding hydrogens is 268 g/mol. The van der Waals surface area contributed by atoms with Gasteiger partial charge >= 0.3 is 0 Å². The van der Waals surface area contributed by atoms with Gasteiger partial charge in [-0.2, -0.15) is 16.9 Å². The third kappa shape index (κ3) is 3.14. The molecule has 2 rings (SSSR count). The van der Waals surface area contributed by atoms with Gasteiger partial charge in [-0.1, -0.05) is 13.8 Å². The highest BCUT2D eigenvalue weighted by atomic mass is 32.2. The van der Waals surface area contributed by atoms with Crippen LogP contribution in [-0.4, -0.2) is 39.9 Å². The summed E-state index contributed by atoms with van der Waals surface area (Å²) >= 11 is 2.08. The molecule has 0 saturated carbocycles. The quantitative estimate of drug-likeness (QED) is 0.847. The lowest BCUT2D eigenvalue weighted by atomic mass is 10.1. The zero-order valence-electron chi connectivity index (χ0n) is 13.4. The monoisotopic (exact) mass is 296 g/mol. The van der Waals surface area contributed by atoms with Crippen LogP contribution in [0, 0.1) is 6.92 Å². The van der Waals surface area contributed by atoms with Crippen molar-refractivity contribution in [2.45, 2.75) is 52.0 Å². The number of nitrogens with zero attached hydrogens (tertiary/aromatic N) is 3. The number of rotatable bonds is 5. The van der Waals surface area contributed by atoms with Crippen LogP contribution < -0.4 is 10.2 Å². The SMILES string of the molecule is CCCNCc1c(C)nn(C)c1N1CCSC(C)C1C. The maximum absolute atomic E-state index is 4.65. The summed E-state index contributed by atoms with van der Waals surface area (Å²) in [6.45, 7) is 12.1. The third-order valence-electron chi connectivity index (χ3n) is 4.20. The molecular formula is C15H28N4S. The predicted octanol–water partition coefficient (Wildman–Crippen LogP) is 2.56. The van der Waals surface area contributed by atoms with Gasteiger partial charge in [0.05, 0.1) is 5.69 Å². The number of anilines is 1. The lowest BCUT2D eigenvalue weighted by molar-refractivity contribution is 0.592. The van der Waals surface area contributed by atoms with E-state index in [1.807, 2.05) is 0 Å². The lowest BCUT2D eigenvalue weighted by Crippen LogP contribution is -2.46. The minimum absolute atomic E-state index is 0.563. The first-order valence-corrected chi connectivity index (χ1v) is 8.72. The van der Waals surface area contributed by atoms with E-state index < -0.39 is 0 Å². The second kappa shape index (κ2) is 6.85. The van der Waals surface area contributed by atoms with Gasteiger partial charge in [0.15, 0.2) is 0 Å². The number of hydrogen-bond acceptors (Lipinski definition) is 4. The number of nitrogens with one attached hydrogen (secondary N) is 1. The molecule has 1 aliphatic heterocycles. The highest BCUT2D eigenvalue weighted by Crippen LogP contribution is 2.32. The molecule has 2 atom stereocenters. The molecule has 1 saturated heterocycles. The lowest BCUT2D eigenvalue weighted by Gasteiger charge is -2.39. The van der Waals surface area contributed by atoms with Crippen LogP contribution in [-0.2, 0) is 13.6 Å². The standard InChI is InChI=1S/C15H28N4S/c1-6-7-16-10-14-11(2)17-18(5)15(14)19-8-9-20-13(4)12(19)3/h12-13,16H,6-10H2,1-5H3. The first kappa shape index (κ1) is 15.7. The summed E-state index contributed by atoms with van der Waals surface area (Å²) in [6, 6.07) is 0.563. The van der Waals surface area contributed by atoms with Crippen LogP contribution in [0.1, 0.15) is 38.4 Å². The van der Waals surface area contributed by atoms with Crippen molar-refractivity contribution < 1.29 is 0 Å². The molecule has 0 spiro atoms. The van der Waals surface area contributed by atoms with Gasteiger partial charge in [0, 0.05) is 42.7 Å². The molecule has 4 nitrogen and oxygen atoms in total. The summed E-state index contributed by atoms with van der Waals surface area (Å²) in [4.78, 5) is 2.55. The smallest absolute Gasteiger partial charge is 0.131 e. The molecule has 0 radical (unpaired) electrons. The van der Waals surface area contributed by atoms with E-state index in [0.29, 0.717) is 11.3 Å². The Balaban J connectivity index is 2.25. The van der Waals surface area contributed by atoms with Gasteiger partial charge in [0.1, 0.15) is 5.82 Å². The van der Waals surface area contributed by atoms with E-state index in [-0.39, 0.29) is 0 Å². The Morgan fingerprint density at radius 3 is 2.85 bits per heavy atom. The molecule has 1 aliphatic rings. The van der Waals surface area contributed by atoms with E-state index in [9.17, 15) is 0 Å². The van der Waals surface area contributed by atoms with Crippen molar-refractivity contribution in [3.63, 3.8) is 0 Å². The van der Waals surface area contributed by atoms with Gasteiger partial charge in [-0.15, -0.1) is 0 Å². The van der Waals surface area contributed by atoms with E-state index in [0.717, 1.165) is 25.3 Å². The first-order valence-electron chi connectivity index (χ1n) is 7.67. The highest BCUT2D eigenvalue weighted by molar-refractivity contribution is 8.00. The summed E-state index contributed by atoms with van der Waals surface area (Å²) in [5.41, 5.74) is 2.52. The van der Waals surface area contributed by atoms with Crippen LogP contribution in [0.25, 0.3) is 0 Å². The van der Waals surface area contributed by atoms with Crippen LogP contribution in [0.2, 0.25) is 0 Å². The maximum Gasteiger partial charge on any atom is 0.131 e. The fraction of sp³-hybridized carbons (Fsp3) is 0.800. The van der Waals surface area contributed by atoms with Crippen LogP contribution in [0.4, 0.5) is 5.82 Å². The van der Waals surface area contributed by atoms with E-state index in [2.05, 4.69) is 66.5 Å². The van der Waals surface area contributed by atoms with Crippen LogP contribution in [0.3, 0.4) is 0 Å². The van der Waals surface area contributed by atoms with Crippen molar-refractivity contribution in [3.8, 4) is 0 Å². The molecule has 20 heavy (non-hydrogen) atoms. The summed E-state index contributed by atoms with van der Waals surface area (Å²) in [5, 5.41) is 8.85. The molecule has 0 aromatic carbocycles. The van der Waals surface area contributed by atoms with Gasteiger partial charge in [-0.25, -0.2) is 0 Å². The Bertz CT molecular complexity index is 443. The van der Waals surface area contributed by atoms with E-state index in [4.69, 9.17) is 0 Å². The van der Waals surface area contributed by atoms with Crippen molar-refractivity contribution in [2.24, 2.45) is 7.05 Å². The summed E-state index contributed by atoms with van der Waals surface area (Å²) < 4.78 is 2.07. The van der Waals surface area contributed by atoms with Gasteiger partial charge in [-0.3, -0.25) is 4.68 Å². The zero-order chi connectivity index (χ0) is 14.7. The Morgan fingerprint density at radius 2 is 2.15 bits per heavy atom. The normalized spacial score (nSPS) is 23.4. The molecule has 0 amide bonds. The number of hydrogen-bond donors (Lipinski definition) is 1. The van der Waals surface area contributed by atoms with Crippen molar-refractivity contribution >= 4 is 17.6 Å². The minimum atomic E-state index is 0.563. The first-order chi connectivity index (χ1) is 9.56. The number of thioether (sulfide) groups is 1.